The number of ether oxygens (including phenoxy) is 4. The maximum absolute atomic E-state index is 11.9. The van der Waals surface area contributed by atoms with Gasteiger partial charge < -0.3 is 39.1 Å². The molecule has 0 saturated carbocycles. The minimum Gasteiger partial charge on any atom is -0.497 e. The monoisotopic (exact) mass is 1380 g/mol. The molecule has 0 unspecified atom stereocenters. The molecule has 8 aromatic heterocycles. The van der Waals surface area contributed by atoms with Gasteiger partial charge in [0.1, 0.15) is 28.8 Å². The summed E-state index contributed by atoms with van der Waals surface area (Å²) >= 11 is 0. The number of hydrogen-bond acceptors (Lipinski definition) is 15. The molecule has 0 spiro atoms. The number of aryl methyl sites for hydroxylation is 1. The number of nitrogens with zero attached hydrogens (tertiary/aromatic N) is 10. The van der Waals surface area contributed by atoms with E-state index >= 15 is 0 Å². The Balaban J connectivity index is 0.000000572. The van der Waals surface area contributed by atoms with Crippen LogP contribution in [-0.2, 0) is 49.9 Å². The Morgan fingerprint density at radius 1 is 0.470 bits per heavy atom. The van der Waals surface area contributed by atoms with Gasteiger partial charge in [0.25, 0.3) is 5.82 Å². The zero-order chi connectivity index (χ0) is 76.8. The number of methoxy groups -OCH3 is 3. The fourth-order valence-electron chi connectivity index (χ4n) is 8.13. The highest BCUT2D eigenvalue weighted by Crippen LogP contribution is 2.30. The number of aliphatic hydroxyl groups excluding tert-OH is 1. The molecule has 0 aliphatic rings. The van der Waals surface area contributed by atoms with Crippen LogP contribution < -0.4 is 29.2 Å². The number of halogens is 2. The summed E-state index contributed by atoms with van der Waals surface area (Å²) in [7, 11) is 10.9. The number of pyridine rings is 8. The zero-order valence-electron chi connectivity index (χ0n) is 66.4. The third-order valence-electron chi connectivity index (χ3n) is 14.2. The SMILES string of the molecule is CC(C)(C)c1ccc(CO)cn1.CC(C)(C)c1cccc(OC(F)F)n1.CN(C)c1cccc(C(C)(C)C)n1.CNc1cccc(C(C)(C)C)n1.COc1cc(C)cc(C(C)(C)C)n1.COc1cccnc1C(C)(C)C.COc1ccnc(C(C)(C)C)c1.[C-]#[N+]c1cccc(C(C)(C)C)n1. The van der Waals surface area contributed by atoms with Gasteiger partial charge in [-0.2, -0.15) is 8.78 Å². The molecule has 548 valence electrons. The average molecular weight is 1380 g/mol. The second kappa shape index (κ2) is 39.9. The Labute approximate surface area is 600 Å². The summed E-state index contributed by atoms with van der Waals surface area (Å²) in [5.74, 6) is 4.83. The summed E-state index contributed by atoms with van der Waals surface area (Å²) in [4.78, 5) is 39.8. The highest BCUT2D eigenvalue weighted by Gasteiger charge is 2.23. The topological polar surface area (TPSA) is 180 Å². The van der Waals surface area contributed by atoms with Crippen LogP contribution in [0.15, 0.2) is 140 Å². The third kappa shape index (κ3) is 34.4. The first-order valence-electron chi connectivity index (χ1n) is 33.6. The lowest BCUT2D eigenvalue weighted by Gasteiger charge is -2.20. The van der Waals surface area contributed by atoms with Crippen molar-refractivity contribution in [1.82, 2.24) is 39.9 Å². The highest BCUT2D eigenvalue weighted by atomic mass is 19.3. The van der Waals surface area contributed by atoms with Crippen molar-refractivity contribution in [1.29, 1.82) is 0 Å². The molecule has 16 nitrogen and oxygen atoms in total. The van der Waals surface area contributed by atoms with E-state index in [2.05, 4.69) is 231 Å². The fourth-order valence-corrected chi connectivity index (χ4v) is 8.13. The van der Waals surface area contributed by atoms with Crippen LogP contribution in [-0.4, -0.2) is 94.1 Å². The second-order valence-electron chi connectivity index (χ2n) is 32.1. The van der Waals surface area contributed by atoms with Crippen molar-refractivity contribution >= 4 is 17.5 Å². The fraction of sp³-hybridized carbons (Fsp3) is 0.500. The minimum atomic E-state index is -2.82. The van der Waals surface area contributed by atoms with E-state index in [1.54, 1.807) is 58.1 Å². The number of aliphatic hydroxyl groups is 1. The van der Waals surface area contributed by atoms with Gasteiger partial charge in [0.05, 0.1) is 39.3 Å². The average Bonchev–Trinajstić information content (AvgIpc) is 0.875. The number of rotatable bonds is 8. The van der Waals surface area contributed by atoms with Crippen molar-refractivity contribution in [3.63, 3.8) is 0 Å². The molecule has 0 aromatic carbocycles. The van der Waals surface area contributed by atoms with Crippen molar-refractivity contribution in [2.45, 2.75) is 230 Å². The van der Waals surface area contributed by atoms with E-state index in [9.17, 15) is 8.78 Å². The first-order valence-corrected chi connectivity index (χ1v) is 33.6. The molecule has 0 aliphatic carbocycles. The van der Waals surface area contributed by atoms with Crippen molar-refractivity contribution in [3.8, 4) is 23.3 Å². The first-order chi connectivity index (χ1) is 45.9. The molecular formula is C82H121F2N11O5. The normalized spacial score (nSPS) is 11.4. The Kier molecular flexibility index (Phi) is 35.7. The van der Waals surface area contributed by atoms with Crippen LogP contribution in [0, 0.1) is 13.5 Å². The quantitative estimate of drug-likeness (QED) is 0.137. The first kappa shape index (κ1) is 89.3. The predicted octanol–water partition coefficient (Wildman–Crippen LogP) is 20.1. The summed E-state index contributed by atoms with van der Waals surface area (Å²) < 4.78 is 43.4. The molecule has 18 heteroatoms. The maximum Gasteiger partial charge on any atom is 0.388 e. The summed E-state index contributed by atoms with van der Waals surface area (Å²) in [6, 6.07) is 38.2. The molecule has 0 fully saturated rings. The van der Waals surface area contributed by atoms with Gasteiger partial charge in [-0.15, -0.1) is 4.98 Å². The number of nitrogens with one attached hydrogen (secondary N) is 1. The van der Waals surface area contributed by atoms with E-state index in [4.69, 9.17) is 25.9 Å². The van der Waals surface area contributed by atoms with Gasteiger partial charge in [0.2, 0.25) is 11.8 Å². The molecule has 0 saturated heterocycles. The van der Waals surface area contributed by atoms with Crippen molar-refractivity contribution in [2.75, 3.05) is 52.7 Å². The molecule has 8 rings (SSSR count). The van der Waals surface area contributed by atoms with Crippen LogP contribution >= 0.6 is 0 Å². The Morgan fingerprint density at radius 2 is 0.960 bits per heavy atom. The van der Waals surface area contributed by atoms with Gasteiger partial charge in [-0.05, 0) is 90.8 Å². The smallest absolute Gasteiger partial charge is 0.388 e. The molecule has 100 heavy (non-hydrogen) atoms. The van der Waals surface area contributed by atoms with Gasteiger partial charge in [-0.25, -0.2) is 19.9 Å². The van der Waals surface area contributed by atoms with Gasteiger partial charge >= 0.3 is 6.61 Å². The van der Waals surface area contributed by atoms with Crippen LogP contribution in [0.25, 0.3) is 4.85 Å². The predicted molar refractivity (Wildman–Crippen MR) is 411 cm³/mol. The second-order valence-corrected chi connectivity index (χ2v) is 32.1. The maximum atomic E-state index is 11.9. The van der Waals surface area contributed by atoms with E-state index in [1.165, 1.54) is 11.6 Å². The molecule has 0 radical (unpaired) electrons. The van der Waals surface area contributed by atoms with Crippen molar-refractivity contribution in [3.05, 3.63) is 208 Å². The van der Waals surface area contributed by atoms with E-state index < -0.39 is 6.61 Å². The van der Waals surface area contributed by atoms with Gasteiger partial charge in [-0.3, -0.25) is 15.0 Å². The number of anilines is 2. The van der Waals surface area contributed by atoms with Crippen LogP contribution in [0.5, 0.6) is 23.3 Å². The molecule has 0 bridgehead atoms. The Hall–Kier alpha value is -8.69. The minimum absolute atomic E-state index is 0.0285. The van der Waals surface area contributed by atoms with E-state index in [0.717, 1.165) is 74.2 Å². The molecule has 0 atom stereocenters. The van der Waals surface area contributed by atoms with E-state index in [1.807, 2.05) is 120 Å². The largest absolute Gasteiger partial charge is 0.497 e. The van der Waals surface area contributed by atoms with Crippen LogP contribution in [0.2, 0.25) is 0 Å². The highest BCUT2D eigenvalue weighted by molar-refractivity contribution is 5.40. The van der Waals surface area contributed by atoms with E-state index in [-0.39, 0.29) is 55.8 Å². The molecular weight excluding hydrogens is 1260 g/mol. The van der Waals surface area contributed by atoms with Gasteiger partial charge in [0.15, 0.2) is 0 Å². The third-order valence-corrected chi connectivity index (χ3v) is 14.2. The number of alkyl halides is 2. The molecule has 0 aliphatic heterocycles. The molecule has 2 N–H and O–H groups in total. The van der Waals surface area contributed by atoms with Crippen molar-refractivity contribution < 1.29 is 32.8 Å². The molecule has 8 aromatic rings. The van der Waals surface area contributed by atoms with Crippen molar-refractivity contribution in [2.24, 2.45) is 0 Å². The molecule has 8 heterocycles. The van der Waals surface area contributed by atoms with Gasteiger partial charge in [-0.1, -0.05) is 203 Å². The Morgan fingerprint density at radius 3 is 1.39 bits per heavy atom. The zero-order valence-corrected chi connectivity index (χ0v) is 66.4. The summed E-state index contributed by atoms with van der Waals surface area (Å²) in [5.41, 5.74) is 10.6. The lowest BCUT2D eigenvalue weighted by Crippen LogP contribution is -2.17. The van der Waals surface area contributed by atoms with E-state index in [0.29, 0.717) is 11.7 Å². The van der Waals surface area contributed by atoms with Gasteiger partial charge in [0, 0.05) is 130 Å². The Bertz CT molecular complexity index is 3650. The lowest BCUT2D eigenvalue weighted by molar-refractivity contribution is -0.0530. The summed E-state index contributed by atoms with van der Waals surface area (Å²) in [6.45, 7) is 56.8. The summed E-state index contributed by atoms with van der Waals surface area (Å²) in [5, 5.41) is 11.8. The van der Waals surface area contributed by atoms with Crippen LogP contribution in [0.4, 0.5) is 26.2 Å². The number of aromatic nitrogens is 8. The standard InChI is InChI=1S/C11H18N2.C11H17NO.C10H13F2NO.C10H16N2.C10H12N2.3C10H15NO/c1-11(2,3)9-7-6-8-10(12-9)13(4)5;1-8-6-9(11(2,3)4)12-10(7-8)13-5;1-10(2,3)7-5-4-6-8(13-7)14-9(11)12;2*1-10(2,3)8-6-5-7-9(11-4)12-8;1-10(2,3)9-7-8(12-4)5-6-11-9;1-10(2,3)9-8(12-4)6-5-7-11-9;1-10(2,3)9-5-4-8(7-12)6-11-9/h6-8H,1-5H3;6-7H,1-5H3;4-6,9H,1-3H3;5-7H,1-4H3,(H,11,12);5-7H,1-3H3;2*5-7H,1-4H3;4-6,12H,7H2,1-3H3. The van der Waals surface area contributed by atoms with Crippen LogP contribution in [0.1, 0.15) is 223 Å². The molecule has 0 amide bonds. The van der Waals surface area contributed by atoms with Crippen LogP contribution in [0.3, 0.4) is 0 Å². The summed E-state index contributed by atoms with van der Waals surface area (Å²) in [6.07, 6.45) is 5.29. The number of hydrogen-bond donors (Lipinski definition) is 2. The lowest BCUT2D eigenvalue weighted by atomic mass is 9.91.